The van der Waals surface area contributed by atoms with E-state index in [1.165, 1.54) is 6.42 Å². The Balaban J connectivity index is 2.34. The lowest BCUT2D eigenvalue weighted by atomic mass is 10.1. The molecule has 0 aliphatic rings. The van der Waals surface area contributed by atoms with Crippen molar-refractivity contribution in [3.05, 3.63) is 29.8 Å². The van der Waals surface area contributed by atoms with E-state index in [2.05, 4.69) is 0 Å². The number of hydrogen-bond acceptors (Lipinski definition) is 3. The van der Waals surface area contributed by atoms with E-state index in [1.807, 2.05) is 24.3 Å². The summed E-state index contributed by atoms with van der Waals surface area (Å²) in [7, 11) is 0. The Kier molecular flexibility index (Phi) is 6.33. The summed E-state index contributed by atoms with van der Waals surface area (Å²) in [5.41, 5.74) is 6.86. The fourth-order valence-electron chi connectivity index (χ4n) is 1.68. The van der Waals surface area contributed by atoms with Crippen molar-refractivity contribution in [2.75, 3.05) is 13.2 Å². The molecule has 0 aliphatic carbocycles. The molecule has 17 heavy (non-hydrogen) atoms. The van der Waals surface area contributed by atoms with Crippen LogP contribution in [0.15, 0.2) is 24.3 Å². The predicted molar refractivity (Wildman–Crippen MR) is 72.0 cm³/mol. The summed E-state index contributed by atoms with van der Waals surface area (Å²) in [6, 6.07) is 7.72. The van der Waals surface area contributed by atoms with E-state index in [9.17, 15) is 0 Å². The molecule has 0 spiro atoms. The molecular formula is C14H22N2O. The van der Waals surface area contributed by atoms with Gasteiger partial charge in [-0.05, 0) is 38.4 Å². The minimum atomic E-state index is 0.545. The van der Waals surface area contributed by atoms with Gasteiger partial charge in [0.2, 0.25) is 0 Å². The van der Waals surface area contributed by atoms with Gasteiger partial charge in [0.25, 0.3) is 0 Å². The molecule has 0 heterocycles. The molecule has 0 atom stereocenters. The quantitative estimate of drug-likeness (QED) is 0.536. The van der Waals surface area contributed by atoms with Crippen molar-refractivity contribution in [3.63, 3.8) is 0 Å². The Hall–Kier alpha value is -1.35. The van der Waals surface area contributed by atoms with Gasteiger partial charge in [0.1, 0.15) is 5.75 Å². The van der Waals surface area contributed by atoms with Crippen molar-refractivity contribution < 1.29 is 4.74 Å². The number of hydrogen-bond donors (Lipinski definition) is 2. The molecule has 3 heteroatoms. The highest BCUT2D eigenvalue weighted by Crippen LogP contribution is 2.18. The topological polar surface area (TPSA) is 59.1 Å². The first kappa shape index (κ1) is 13.7. The first-order valence-corrected chi connectivity index (χ1v) is 6.23. The second-order valence-electron chi connectivity index (χ2n) is 4.17. The number of unbranched alkanes of at least 4 members (excludes halogenated alkanes) is 3. The Morgan fingerprint density at radius 1 is 1.18 bits per heavy atom. The maximum Gasteiger partial charge on any atom is 0.128 e. The molecule has 0 aromatic heterocycles. The molecule has 94 valence electrons. The zero-order valence-corrected chi connectivity index (χ0v) is 10.5. The largest absolute Gasteiger partial charge is 0.493 e. The highest BCUT2D eigenvalue weighted by molar-refractivity contribution is 5.98. The molecule has 3 nitrogen and oxygen atoms in total. The molecule has 1 aromatic rings. The maximum atomic E-state index is 7.65. The van der Waals surface area contributed by atoms with Gasteiger partial charge in [-0.15, -0.1) is 0 Å². The first-order valence-electron chi connectivity index (χ1n) is 6.23. The Morgan fingerprint density at radius 2 is 1.88 bits per heavy atom. The average molecular weight is 234 g/mol. The second-order valence-corrected chi connectivity index (χ2v) is 4.17. The van der Waals surface area contributed by atoms with Crippen LogP contribution in [0.1, 0.15) is 38.2 Å². The third kappa shape index (κ3) is 5.00. The number of nitrogens with one attached hydrogen (secondary N) is 1. The molecule has 1 rings (SSSR count). The van der Waals surface area contributed by atoms with Gasteiger partial charge >= 0.3 is 0 Å². The number of rotatable bonds is 8. The Bertz CT molecular complexity index is 350. The van der Waals surface area contributed by atoms with Gasteiger partial charge in [0.15, 0.2) is 0 Å². The van der Waals surface area contributed by atoms with Gasteiger partial charge in [-0.1, -0.05) is 25.0 Å². The van der Waals surface area contributed by atoms with Crippen molar-refractivity contribution in [2.45, 2.75) is 32.6 Å². The molecule has 0 saturated carbocycles. The monoisotopic (exact) mass is 234 g/mol. The smallest absolute Gasteiger partial charge is 0.128 e. The van der Waals surface area contributed by atoms with Gasteiger partial charge in [0, 0.05) is 11.3 Å². The normalized spacial score (nSPS) is 10.2. The SMILES string of the molecule is CC(=N)c1ccccc1OCCCCCCN. The van der Waals surface area contributed by atoms with Crippen LogP contribution < -0.4 is 10.5 Å². The van der Waals surface area contributed by atoms with Gasteiger partial charge < -0.3 is 15.9 Å². The lowest BCUT2D eigenvalue weighted by Crippen LogP contribution is -2.03. The number of para-hydroxylation sites is 1. The fourth-order valence-corrected chi connectivity index (χ4v) is 1.68. The molecule has 0 saturated heterocycles. The summed E-state index contributed by atoms with van der Waals surface area (Å²) in [5, 5.41) is 7.65. The predicted octanol–water partition coefficient (Wildman–Crippen LogP) is 2.97. The van der Waals surface area contributed by atoms with E-state index in [0.29, 0.717) is 5.71 Å². The van der Waals surface area contributed by atoms with E-state index in [-0.39, 0.29) is 0 Å². The summed E-state index contributed by atoms with van der Waals surface area (Å²) in [5.74, 6) is 0.818. The van der Waals surface area contributed by atoms with E-state index >= 15 is 0 Å². The minimum absolute atomic E-state index is 0.545. The van der Waals surface area contributed by atoms with Crippen LogP contribution in [0.2, 0.25) is 0 Å². The first-order chi connectivity index (χ1) is 8.25. The lowest BCUT2D eigenvalue weighted by molar-refractivity contribution is 0.304. The van der Waals surface area contributed by atoms with Crippen LogP contribution in [-0.2, 0) is 0 Å². The van der Waals surface area contributed by atoms with Gasteiger partial charge in [-0.2, -0.15) is 0 Å². The van der Waals surface area contributed by atoms with E-state index in [4.69, 9.17) is 15.9 Å². The highest BCUT2D eigenvalue weighted by Gasteiger charge is 2.03. The van der Waals surface area contributed by atoms with Crippen LogP contribution in [0.5, 0.6) is 5.75 Å². The van der Waals surface area contributed by atoms with Crippen molar-refractivity contribution in [2.24, 2.45) is 5.73 Å². The fraction of sp³-hybridized carbons (Fsp3) is 0.500. The van der Waals surface area contributed by atoms with Crippen LogP contribution in [0.3, 0.4) is 0 Å². The molecule has 0 aliphatic heterocycles. The average Bonchev–Trinajstić information content (AvgIpc) is 2.34. The zero-order valence-electron chi connectivity index (χ0n) is 10.5. The zero-order chi connectivity index (χ0) is 12.5. The van der Waals surface area contributed by atoms with Gasteiger partial charge in [0.05, 0.1) is 6.61 Å². The molecular weight excluding hydrogens is 212 g/mol. The van der Waals surface area contributed by atoms with E-state index in [1.54, 1.807) is 6.92 Å². The molecule has 0 unspecified atom stereocenters. The molecule has 0 bridgehead atoms. The minimum Gasteiger partial charge on any atom is -0.493 e. The highest BCUT2D eigenvalue weighted by atomic mass is 16.5. The maximum absolute atomic E-state index is 7.65. The molecule has 1 aromatic carbocycles. The Morgan fingerprint density at radius 3 is 2.59 bits per heavy atom. The van der Waals surface area contributed by atoms with Crippen LogP contribution >= 0.6 is 0 Å². The number of nitrogens with two attached hydrogens (primary N) is 1. The van der Waals surface area contributed by atoms with Gasteiger partial charge in [-0.25, -0.2) is 0 Å². The lowest BCUT2D eigenvalue weighted by Gasteiger charge is -2.10. The van der Waals surface area contributed by atoms with E-state index < -0.39 is 0 Å². The van der Waals surface area contributed by atoms with Gasteiger partial charge in [-0.3, -0.25) is 0 Å². The molecule has 0 fully saturated rings. The summed E-state index contributed by atoms with van der Waals surface area (Å²) in [6.07, 6.45) is 4.47. The van der Waals surface area contributed by atoms with Crippen LogP contribution in [-0.4, -0.2) is 18.9 Å². The molecule has 3 N–H and O–H groups in total. The third-order valence-corrected chi connectivity index (χ3v) is 2.65. The summed E-state index contributed by atoms with van der Waals surface area (Å²) in [6.45, 7) is 3.27. The van der Waals surface area contributed by atoms with Crippen molar-refractivity contribution >= 4 is 5.71 Å². The standard InChI is InChI=1S/C14H22N2O/c1-12(16)13-8-4-5-9-14(13)17-11-7-3-2-6-10-15/h4-5,8-9,16H,2-3,6-7,10-11,15H2,1H3. The third-order valence-electron chi connectivity index (χ3n) is 2.65. The van der Waals surface area contributed by atoms with Crippen molar-refractivity contribution in [1.82, 2.24) is 0 Å². The number of benzene rings is 1. The van der Waals surface area contributed by atoms with E-state index in [0.717, 1.165) is 43.7 Å². The Labute approximate surface area is 103 Å². The second kappa shape index (κ2) is 7.85. The molecule has 0 radical (unpaired) electrons. The van der Waals surface area contributed by atoms with Crippen LogP contribution in [0, 0.1) is 5.41 Å². The summed E-state index contributed by atoms with van der Waals surface area (Å²) >= 11 is 0. The van der Waals surface area contributed by atoms with Crippen LogP contribution in [0.25, 0.3) is 0 Å². The van der Waals surface area contributed by atoms with Crippen molar-refractivity contribution in [1.29, 1.82) is 5.41 Å². The van der Waals surface area contributed by atoms with Crippen molar-refractivity contribution in [3.8, 4) is 5.75 Å². The summed E-state index contributed by atoms with van der Waals surface area (Å²) in [4.78, 5) is 0. The summed E-state index contributed by atoms with van der Waals surface area (Å²) < 4.78 is 5.71. The number of ether oxygens (including phenoxy) is 1. The van der Waals surface area contributed by atoms with Crippen LogP contribution in [0.4, 0.5) is 0 Å². The molecule has 0 amide bonds.